The molecule has 1 heterocycles. The SMILES string of the molecule is Cc1c[c-]ncc1.[C-]#N.[Ni+2]. The van der Waals surface area contributed by atoms with Crippen molar-refractivity contribution < 1.29 is 16.5 Å². The molecule has 0 aliphatic heterocycles. The fraction of sp³-hybridized carbons (Fsp3) is 0.143. The van der Waals surface area contributed by atoms with Gasteiger partial charge < -0.3 is 16.8 Å². The van der Waals surface area contributed by atoms with Crippen LogP contribution < -0.4 is 0 Å². The van der Waals surface area contributed by atoms with Gasteiger partial charge in [-0.3, -0.25) is 0 Å². The maximum atomic E-state index is 6.25. The molecule has 0 atom stereocenters. The molecule has 1 aromatic heterocycles. The van der Waals surface area contributed by atoms with E-state index in [-0.39, 0.29) is 16.5 Å². The van der Waals surface area contributed by atoms with Gasteiger partial charge in [0.1, 0.15) is 0 Å². The average Bonchev–Trinajstić information content (AvgIpc) is 1.94. The topological polar surface area (TPSA) is 36.7 Å². The van der Waals surface area contributed by atoms with E-state index in [0.29, 0.717) is 0 Å². The van der Waals surface area contributed by atoms with Gasteiger partial charge in [0, 0.05) is 0 Å². The Labute approximate surface area is 70.8 Å². The zero-order valence-electron chi connectivity index (χ0n) is 5.44. The molecule has 0 amide bonds. The minimum Gasteiger partial charge on any atom is -0.512 e. The second-order valence-corrected chi connectivity index (χ2v) is 1.46. The molecule has 2 nitrogen and oxygen atoms in total. The molecule has 0 fully saturated rings. The Morgan fingerprint density at radius 1 is 1.60 bits per heavy atom. The quantitative estimate of drug-likeness (QED) is 0.442. The fourth-order valence-electron chi connectivity index (χ4n) is 0.385. The predicted octanol–water partition coefficient (Wildman–Crippen LogP) is 1.28. The van der Waals surface area contributed by atoms with Crippen molar-refractivity contribution in [1.29, 1.82) is 5.26 Å². The summed E-state index contributed by atoms with van der Waals surface area (Å²) in [4.78, 5) is 3.72. The first kappa shape index (κ1) is 11.9. The van der Waals surface area contributed by atoms with E-state index in [4.69, 9.17) is 11.8 Å². The van der Waals surface area contributed by atoms with Crippen LogP contribution in [0.2, 0.25) is 0 Å². The van der Waals surface area contributed by atoms with Crippen LogP contribution in [0.15, 0.2) is 18.3 Å². The smallest absolute Gasteiger partial charge is 0.512 e. The maximum Gasteiger partial charge on any atom is 2.00 e. The van der Waals surface area contributed by atoms with Crippen LogP contribution in [0.25, 0.3) is 0 Å². The first-order chi connectivity index (χ1) is 4.39. The van der Waals surface area contributed by atoms with E-state index in [0.717, 1.165) is 0 Å². The zero-order chi connectivity index (χ0) is 7.11. The second-order valence-electron chi connectivity index (χ2n) is 1.46. The van der Waals surface area contributed by atoms with E-state index in [9.17, 15) is 0 Å². The van der Waals surface area contributed by atoms with Crippen LogP contribution in [-0.4, -0.2) is 4.98 Å². The minimum atomic E-state index is 0. The van der Waals surface area contributed by atoms with E-state index in [1.54, 1.807) is 6.20 Å². The molecule has 0 aliphatic carbocycles. The molecule has 3 heteroatoms. The second kappa shape index (κ2) is 8.13. The van der Waals surface area contributed by atoms with Gasteiger partial charge in [-0.2, -0.15) is 17.7 Å². The maximum absolute atomic E-state index is 6.25. The normalized spacial score (nSPS) is 6.30. The van der Waals surface area contributed by atoms with Gasteiger partial charge in [-0.25, -0.2) is 0 Å². The van der Waals surface area contributed by atoms with Gasteiger partial charge >= 0.3 is 16.5 Å². The summed E-state index contributed by atoms with van der Waals surface area (Å²) in [5.74, 6) is 0. The van der Waals surface area contributed by atoms with Crippen LogP contribution in [0.5, 0.6) is 0 Å². The van der Waals surface area contributed by atoms with Crippen LogP contribution in [-0.2, 0) is 16.5 Å². The Balaban J connectivity index is 0. The van der Waals surface area contributed by atoms with Crippen LogP contribution in [0.4, 0.5) is 0 Å². The van der Waals surface area contributed by atoms with Gasteiger partial charge in [0.05, 0.1) is 0 Å². The van der Waals surface area contributed by atoms with Crippen molar-refractivity contribution in [2.24, 2.45) is 0 Å². The Kier molecular flexibility index (Phi) is 9.66. The molecular formula is C7H6N2Ni. The van der Waals surface area contributed by atoms with Crippen molar-refractivity contribution in [2.45, 2.75) is 6.92 Å². The first-order valence-electron chi connectivity index (χ1n) is 2.40. The summed E-state index contributed by atoms with van der Waals surface area (Å²) < 4.78 is 0. The van der Waals surface area contributed by atoms with Crippen LogP contribution in [0, 0.1) is 25.0 Å². The van der Waals surface area contributed by atoms with E-state index < -0.39 is 0 Å². The number of aromatic nitrogens is 1. The Morgan fingerprint density at radius 3 is 2.40 bits per heavy atom. The van der Waals surface area contributed by atoms with Gasteiger partial charge in [0.2, 0.25) is 0 Å². The Morgan fingerprint density at radius 2 is 2.20 bits per heavy atom. The molecule has 1 aromatic rings. The molecule has 0 aromatic carbocycles. The number of hydrogen-bond donors (Lipinski definition) is 0. The third kappa shape index (κ3) is 5.27. The third-order valence-corrected chi connectivity index (χ3v) is 0.779. The summed E-state index contributed by atoms with van der Waals surface area (Å²) in [6.07, 6.45) is 4.44. The van der Waals surface area contributed by atoms with Gasteiger partial charge in [0.25, 0.3) is 0 Å². The molecule has 0 spiro atoms. The summed E-state index contributed by atoms with van der Waals surface area (Å²) >= 11 is 0. The Hall–Kier alpha value is -0.866. The van der Waals surface area contributed by atoms with E-state index >= 15 is 0 Å². The Bertz CT molecular complexity index is 171. The standard InChI is InChI=1S/C6H6N.CN.Ni/c1-6-2-4-7-5-3-6;1-2;/h2-4H,1H3;;/q2*-1;+2. The number of pyridine rings is 1. The molecule has 0 N–H and O–H groups in total. The van der Waals surface area contributed by atoms with Crippen molar-refractivity contribution in [1.82, 2.24) is 4.98 Å². The van der Waals surface area contributed by atoms with Crippen molar-refractivity contribution in [3.8, 4) is 0 Å². The zero-order valence-corrected chi connectivity index (χ0v) is 6.43. The number of nitrogens with zero attached hydrogens (tertiary/aromatic N) is 2. The van der Waals surface area contributed by atoms with Gasteiger partial charge in [-0.1, -0.05) is 19.3 Å². The van der Waals surface area contributed by atoms with Gasteiger partial charge in [0.15, 0.2) is 0 Å². The van der Waals surface area contributed by atoms with Crippen LogP contribution in [0.1, 0.15) is 5.56 Å². The molecule has 1 rings (SSSR count). The van der Waals surface area contributed by atoms with Crippen LogP contribution in [0.3, 0.4) is 0 Å². The largest absolute Gasteiger partial charge is 2.00 e. The monoisotopic (exact) mass is 176 g/mol. The minimum absolute atomic E-state index is 0. The molecule has 54 valence electrons. The predicted molar refractivity (Wildman–Crippen MR) is 32.8 cm³/mol. The average molecular weight is 177 g/mol. The summed E-state index contributed by atoms with van der Waals surface area (Å²) in [5.41, 5.74) is 1.20. The molecule has 0 radical (unpaired) electrons. The van der Waals surface area contributed by atoms with Gasteiger partial charge in [-0.15, -0.1) is 0 Å². The van der Waals surface area contributed by atoms with Crippen molar-refractivity contribution in [2.75, 3.05) is 0 Å². The van der Waals surface area contributed by atoms with E-state index in [1.165, 1.54) is 5.56 Å². The molecule has 10 heavy (non-hydrogen) atoms. The first-order valence-corrected chi connectivity index (χ1v) is 2.40. The van der Waals surface area contributed by atoms with Crippen molar-refractivity contribution in [3.63, 3.8) is 0 Å². The number of rotatable bonds is 0. The molecule has 0 saturated heterocycles. The van der Waals surface area contributed by atoms with Crippen LogP contribution >= 0.6 is 0 Å². The molecule has 0 aliphatic rings. The fourth-order valence-corrected chi connectivity index (χ4v) is 0.385. The number of aryl methyl sites for hydroxylation is 1. The van der Waals surface area contributed by atoms with Gasteiger partial charge in [-0.05, 0) is 0 Å². The summed E-state index contributed by atoms with van der Waals surface area (Å²) in [6.45, 7) is 6.76. The summed E-state index contributed by atoms with van der Waals surface area (Å²) in [7, 11) is 0. The van der Waals surface area contributed by atoms with Crippen molar-refractivity contribution >= 4 is 0 Å². The summed E-state index contributed by atoms with van der Waals surface area (Å²) in [5, 5.41) is 6.25. The van der Waals surface area contributed by atoms with E-state index in [1.807, 2.05) is 19.1 Å². The molecule has 0 bridgehead atoms. The molecule has 0 saturated carbocycles. The van der Waals surface area contributed by atoms with E-state index in [2.05, 4.69) is 11.2 Å². The number of hydrogen-bond acceptors (Lipinski definition) is 2. The third-order valence-electron chi connectivity index (χ3n) is 0.779. The molecular weight excluding hydrogens is 171 g/mol. The summed E-state index contributed by atoms with van der Waals surface area (Å²) in [6, 6.07) is 3.79. The molecule has 0 unspecified atom stereocenters. The van der Waals surface area contributed by atoms with Crippen molar-refractivity contribution in [3.05, 3.63) is 36.7 Å².